The standard InChI is InChI=1S/C18H17N5OS/c1-24-14-9-5-8-13(10-14)15-11-25-18-21-20-17(23(18)22-15)16(19)12-6-3-2-4-7-12/h2-11,16,22H,19H2,1H3/t16-/m1/s1. The van der Waals surface area contributed by atoms with Gasteiger partial charge in [-0.05, 0) is 17.7 Å². The van der Waals surface area contributed by atoms with Gasteiger partial charge in [-0.3, -0.25) is 5.43 Å². The predicted molar refractivity (Wildman–Crippen MR) is 98.7 cm³/mol. The quantitative estimate of drug-likeness (QED) is 0.752. The smallest absolute Gasteiger partial charge is 0.214 e. The fourth-order valence-electron chi connectivity index (χ4n) is 2.66. The number of thioether (sulfide) groups is 1. The van der Waals surface area contributed by atoms with Crippen LogP contribution >= 0.6 is 11.8 Å². The van der Waals surface area contributed by atoms with Gasteiger partial charge in [-0.1, -0.05) is 54.2 Å². The Morgan fingerprint density at radius 2 is 1.96 bits per heavy atom. The summed E-state index contributed by atoms with van der Waals surface area (Å²) in [4.78, 5) is 0. The monoisotopic (exact) mass is 351 g/mol. The number of aromatic nitrogens is 3. The zero-order chi connectivity index (χ0) is 17.2. The Balaban J connectivity index is 1.65. The van der Waals surface area contributed by atoms with Crippen LogP contribution in [0.5, 0.6) is 5.75 Å². The summed E-state index contributed by atoms with van der Waals surface area (Å²) in [6.45, 7) is 0. The molecule has 0 radical (unpaired) electrons. The molecule has 0 spiro atoms. The number of hydrogen-bond acceptors (Lipinski definition) is 6. The Hall–Kier alpha value is -2.77. The zero-order valence-electron chi connectivity index (χ0n) is 13.6. The second-order valence-corrected chi connectivity index (χ2v) is 6.39. The molecule has 1 aliphatic rings. The molecule has 2 aromatic carbocycles. The second kappa shape index (κ2) is 6.62. The van der Waals surface area contributed by atoms with Crippen molar-refractivity contribution in [2.24, 2.45) is 5.73 Å². The van der Waals surface area contributed by atoms with Crippen LogP contribution in [0.4, 0.5) is 0 Å². The van der Waals surface area contributed by atoms with Gasteiger partial charge < -0.3 is 10.5 Å². The molecule has 0 unspecified atom stereocenters. The van der Waals surface area contributed by atoms with Gasteiger partial charge in [-0.15, -0.1) is 10.2 Å². The van der Waals surface area contributed by atoms with Crippen LogP contribution < -0.4 is 15.9 Å². The van der Waals surface area contributed by atoms with E-state index in [1.807, 2.05) is 64.7 Å². The first-order chi connectivity index (χ1) is 12.3. The van der Waals surface area contributed by atoms with Gasteiger partial charge in [0, 0.05) is 11.0 Å². The summed E-state index contributed by atoms with van der Waals surface area (Å²) in [6.07, 6.45) is 0. The van der Waals surface area contributed by atoms with Gasteiger partial charge in [0.05, 0.1) is 18.8 Å². The highest BCUT2D eigenvalue weighted by atomic mass is 32.2. The first-order valence-electron chi connectivity index (χ1n) is 7.80. The summed E-state index contributed by atoms with van der Waals surface area (Å²) in [5.74, 6) is 1.48. The fourth-order valence-corrected chi connectivity index (χ4v) is 3.40. The molecule has 1 aromatic heterocycles. The molecule has 0 saturated heterocycles. The van der Waals surface area contributed by atoms with Crippen molar-refractivity contribution in [1.82, 2.24) is 14.9 Å². The molecular formula is C18H17N5OS. The van der Waals surface area contributed by atoms with Crippen LogP contribution in [0.25, 0.3) is 5.70 Å². The number of ether oxygens (including phenoxy) is 1. The maximum Gasteiger partial charge on any atom is 0.214 e. The van der Waals surface area contributed by atoms with Crippen molar-refractivity contribution < 1.29 is 4.74 Å². The van der Waals surface area contributed by atoms with E-state index in [-0.39, 0.29) is 6.04 Å². The van der Waals surface area contributed by atoms with Crippen LogP contribution in [0.1, 0.15) is 23.0 Å². The molecule has 0 amide bonds. The highest BCUT2D eigenvalue weighted by Crippen LogP contribution is 2.31. The number of rotatable bonds is 4. The van der Waals surface area contributed by atoms with Crippen molar-refractivity contribution >= 4 is 17.5 Å². The number of methoxy groups -OCH3 is 1. The van der Waals surface area contributed by atoms with Crippen LogP contribution in [0.15, 0.2) is 65.2 Å². The molecule has 126 valence electrons. The largest absolute Gasteiger partial charge is 0.497 e. The summed E-state index contributed by atoms with van der Waals surface area (Å²) in [5, 5.41) is 11.3. The van der Waals surface area contributed by atoms with E-state index in [9.17, 15) is 0 Å². The Morgan fingerprint density at radius 1 is 1.12 bits per heavy atom. The molecule has 0 bridgehead atoms. The van der Waals surface area contributed by atoms with E-state index in [0.717, 1.165) is 27.7 Å². The molecule has 6 nitrogen and oxygen atoms in total. The molecule has 1 aliphatic heterocycles. The summed E-state index contributed by atoms with van der Waals surface area (Å²) in [6, 6.07) is 17.4. The van der Waals surface area contributed by atoms with Crippen LogP contribution in [0.2, 0.25) is 0 Å². The minimum atomic E-state index is -0.361. The molecular weight excluding hydrogens is 334 g/mol. The third kappa shape index (κ3) is 2.99. The second-order valence-electron chi connectivity index (χ2n) is 5.56. The van der Waals surface area contributed by atoms with Crippen LogP contribution in [-0.2, 0) is 0 Å². The van der Waals surface area contributed by atoms with E-state index < -0.39 is 0 Å². The third-order valence-electron chi connectivity index (χ3n) is 3.99. The number of nitrogens with zero attached hydrogens (tertiary/aromatic N) is 3. The average Bonchev–Trinajstić information content (AvgIpc) is 3.11. The Kier molecular flexibility index (Phi) is 4.17. The molecule has 2 heterocycles. The summed E-state index contributed by atoms with van der Waals surface area (Å²) in [5.41, 5.74) is 12.7. The van der Waals surface area contributed by atoms with E-state index in [4.69, 9.17) is 10.5 Å². The Morgan fingerprint density at radius 3 is 2.76 bits per heavy atom. The highest BCUT2D eigenvalue weighted by Gasteiger charge is 2.23. The maximum atomic E-state index is 6.40. The Labute approximate surface area is 149 Å². The topological polar surface area (TPSA) is 78.0 Å². The molecule has 7 heteroatoms. The van der Waals surface area contributed by atoms with Crippen molar-refractivity contribution in [2.45, 2.75) is 11.2 Å². The maximum absolute atomic E-state index is 6.40. The summed E-state index contributed by atoms with van der Waals surface area (Å²) < 4.78 is 7.15. The van der Waals surface area contributed by atoms with Gasteiger partial charge in [0.15, 0.2) is 5.82 Å². The van der Waals surface area contributed by atoms with Gasteiger partial charge in [0.2, 0.25) is 5.16 Å². The van der Waals surface area contributed by atoms with Gasteiger partial charge in [-0.2, -0.15) is 0 Å². The fraction of sp³-hybridized carbons (Fsp3) is 0.111. The lowest BCUT2D eigenvalue weighted by molar-refractivity contribution is 0.414. The highest BCUT2D eigenvalue weighted by molar-refractivity contribution is 8.02. The van der Waals surface area contributed by atoms with Crippen molar-refractivity contribution in [3.8, 4) is 5.75 Å². The number of nitrogens with one attached hydrogen (secondary N) is 1. The van der Waals surface area contributed by atoms with E-state index in [2.05, 4.69) is 15.6 Å². The van der Waals surface area contributed by atoms with E-state index in [0.29, 0.717) is 5.82 Å². The number of hydrogen-bond donors (Lipinski definition) is 2. The van der Waals surface area contributed by atoms with Crippen molar-refractivity contribution in [3.63, 3.8) is 0 Å². The lowest BCUT2D eigenvalue weighted by Gasteiger charge is -2.21. The molecule has 25 heavy (non-hydrogen) atoms. The van der Waals surface area contributed by atoms with Gasteiger partial charge in [0.1, 0.15) is 5.75 Å². The first-order valence-corrected chi connectivity index (χ1v) is 8.68. The van der Waals surface area contributed by atoms with Crippen molar-refractivity contribution in [2.75, 3.05) is 12.5 Å². The van der Waals surface area contributed by atoms with Crippen LogP contribution in [-0.4, -0.2) is 22.0 Å². The molecule has 4 rings (SSSR count). The minimum Gasteiger partial charge on any atom is -0.497 e. The molecule has 0 fully saturated rings. The van der Waals surface area contributed by atoms with E-state index >= 15 is 0 Å². The van der Waals surface area contributed by atoms with Crippen LogP contribution in [0, 0.1) is 0 Å². The molecule has 3 aromatic rings. The van der Waals surface area contributed by atoms with Gasteiger partial charge in [0.25, 0.3) is 0 Å². The van der Waals surface area contributed by atoms with Crippen molar-refractivity contribution in [1.29, 1.82) is 0 Å². The average molecular weight is 351 g/mol. The van der Waals surface area contributed by atoms with Gasteiger partial charge >= 0.3 is 0 Å². The first kappa shape index (κ1) is 15.7. The van der Waals surface area contributed by atoms with Gasteiger partial charge in [-0.25, -0.2) is 4.68 Å². The third-order valence-corrected chi connectivity index (χ3v) is 4.82. The molecule has 1 atom stereocenters. The number of nitrogens with two attached hydrogens (primary N) is 1. The van der Waals surface area contributed by atoms with E-state index in [1.165, 1.54) is 11.8 Å². The zero-order valence-corrected chi connectivity index (χ0v) is 14.4. The summed E-state index contributed by atoms with van der Waals surface area (Å²) in [7, 11) is 1.66. The molecule has 3 N–H and O–H groups in total. The normalized spacial score (nSPS) is 14.2. The minimum absolute atomic E-state index is 0.361. The molecule has 0 aliphatic carbocycles. The number of benzene rings is 2. The molecule has 0 saturated carbocycles. The van der Waals surface area contributed by atoms with E-state index in [1.54, 1.807) is 7.11 Å². The predicted octanol–water partition coefficient (Wildman–Crippen LogP) is 2.98. The number of fused-ring (bicyclic) bond motifs is 1. The SMILES string of the molecule is COc1cccc(C2=CSc3nnc([C@H](N)c4ccccc4)n3N2)c1. The van der Waals surface area contributed by atoms with Crippen molar-refractivity contribution in [3.05, 3.63) is 77.0 Å². The van der Waals surface area contributed by atoms with Crippen LogP contribution in [0.3, 0.4) is 0 Å². The lowest BCUT2D eigenvalue weighted by atomic mass is 10.1. The Bertz CT molecular complexity index is 922. The summed E-state index contributed by atoms with van der Waals surface area (Å²) >= 11 is 1.51. The lowest BCUT2D eigenvalue weighted by Crippen LogP contribution is -2.25.